The maximum absolute atomic E-state index is 5.70. The van der Waals surface area contributed by atoms with Gasteiger partial charge < -0.3 is 5.32 Å². The Hall–Kier alpha value is -0.420. The standard InChI is InChI=1S/C11H17ClN4.ClH/c1-16(10-3-2-6-13-7-10)8-9-4-5-11(12)15-14-9;/h4-5,10,13H,2-3,6-8H2,1H3;1H/t10-;/m0./s1. The molecule has 1 saturated heterocycles. The van der Waals surface area contributed by atoms with E-state index in [0.29, 0.717) is 11.2 Å². The monoisotopic (exact) mass is 276 g/mol. The first-order valence-corrected chi connectivity index (χ1v) is 6.02. The molecule has 17 heavy (non-hydrogen) atoms. The molecule has 4 nitrogen and oxygen atoms in total. The predicted molar refractivity (Wildman–Crippen MR) is 71.6 cm³/mol. The average Bonchev–Trinajstić information content (AvgIpc) is 2.33. The van der Waals surface area contributed by atoms with Gasteiger partial charge >= 0.3 is 0 Å². The molecule has 2 rings (SSSR count). The Kier molecular flexibility index (Phi) is 6.12. The first kappa shape index (κ1) is 14.6. The van der Waals surface area contributed by atoms with Gasteiger partial charge in [-0.3, -0.25) is 4.90 Å². The second-order valence-electron chi connectivity index (χ2n) is 4.26. The lowest BCUT2D eigenvalue weighted by Gasteiger charge is -2.31. The first-order chi connectivity index (χ1) is 7.75. The van der Waals surface area contributed by atoms with Crippen LogP contribution in [0.25, 0.3) is 0 Å². The molecular weight excluding hydrogens is 259 g/mol. The van der Waals surface area contributed by atoms with Crippen LogP contribution < -0.4 is 5.32 Å². The van der Waals surface area contributed by atoms with Gasteiger partial charge in [0.1, 0.15) is 0 Å². The quantitative estimate of drug-likeness (QED) is 0.913. The highest BCUT2D eigenvalue weighted by molar-refractivity contribution is 6.29. The molecule has 1 N–H and O–H groups in total. The van der Waals surface area contributed by atoms with E-state index in [-0.39, 0.29) is 12.4 Å². The van der Waals surface area contributed by atoms with Crippen LogP contribution in [0, 0.1) is 0 Å². The number of rotatable bonds is 3. The summed E-state index contributed by atoms with van der Waals surface area (Å²) in [5, 5.41) is 11.8. The zero-order valence-electron chi connectivity index (χ0n) is 9.90. The van der Waals surface area contributed by atoms with E-state index in [0.717, 1.165) is 25.3 Å². The van der Waals surface area contributed by atoms with E-state index in [1.165, 1.54) is 12.8 Å². The molecule has 0 amide bonds. The van der Waals surface area contributed by atoms with Crippen molar-refractivity contribution >= 4 is 24.0 Å². The fourth-order valence-electron chi connectivity index (χ4n) is 2.02. The summed E-state index contributed by atoms with van der Waals surface area (Å²) in [6.45, 7) is 3.04. The lowest BCUT2D eigenvalue weighted by Crippen LogP contribution is -2.43. The molecule has 1 aromatic heterocycles. The van der Waals surface area contributed by atoms with Gasteiger partial charge in [0.2, 0.25) is 0 Å². The lowest BCUT2D eigenvalue weighted by molar-refractivity contribution is 0.193. The van der Waals surface area contributed by atoms with Crippen LogP contribution in [0.2, 0.25) is 5.15 Å². The number of likely N-dealkylation sites (N-methyl/N-ethyl adjacent to an activating group) is 1. The van der Waals surface area contributed by atoms with Crippen molar-refractivity contribution in [2.45, 2.75) is 25.4 Å². The Morgan fingerprint density at radius 3 is 2.88 bits per heavy atom. The minimum Gasteiger partial charge on any atom is -0.315 e. The van der Waals surface area contributed by atoms with Gasteiger partial charge in [-0.2, -0.15) is 5.10 Å². The van der Waals surface area contributed by atoms with E-state index in [1.807, 2.05) is 6.07 Å². The van der Waals surface area contributed by atoms with Gasteiger partial charge in [0.25, 0.3) is 0 Å². The second kappa shape index (κ2) is 7.11. The molecule has 0 saturated carbocycles. The number of nitrogens with one attached hydrogen (secondary N) is 1. The van der Waals surface area contributed by atoms with Gasteiger partial charge in [0, 0.05) is 19.1 Å². The minimum absolute atomic E-state index is 0. The van der Waals surface area contributed by atoms with E-state index in [1.54, 1.807) is 6.07 Å². The zero-order valence-corrected chi connectivity index (χ0v) is 11.5. The molecule has 0 aromatic carbocycles. The van der Waals surface area contributed by atoms with Gasteiger partial charge in [-0.1, -0.05) is 11.6 Å². The SMILES string of the molecule is CN(Cc1ccc(Cl)nn1)[C@H]1CCCNC1.Cl. The first-order valence-electron chi connectivity index (χ1n) is 5.65. The highest BCUT2D eigenvalue weighted by Gasteiger charge is 2.17. The summed E-state index contributed by atoms with van der Waals surface area (Å²) in [6.07, 6.45) is 2.51. The molecule has 0 bridgehead atoms. The number of piperidine rings is 1. The summed E-state index contributed by atoms with van der Waals surface area (Å²) in [4.78, 5) is 2.32. The largest absolute Gasteiger partial charge is 0.315 e. The molecule has 0 spiro atoms. The molecule has 1 aliphatic heterocycles. The molecule has 1 atom stereocenters. The molecule has 6 heteroatoms. The predicted octanol–water partition coefficient (Wildman–Crippen LogP) is 1.74. The minimum atomic E-state index is 0. The maximum atomic E-state index is 5.70. The van der Waals surface area contributed by atoms with Gasteiger partial charge in [-0.15, -0.1) is 17.5 Å². The summed E-state index contributed by atoms with van der Waals surface area (Å²) >= 11 is 5.70. The van der Waals surface area contributed by atoms with Gasteiger partial charge in [-0.25, -0.2) is 0 Å². The van der Waals surface area contributed by atoms with Crippen LogP contribution in [-0.4, -0.2) is 41.3 Å². The Balaban J connectivity index is 0.00000144. The molecule has 1 aromatic rings. The lowest BCUT2D eigenvalue weighted by atomic mass is 10.1. The molecule has 1 aliphatic rings. The van der Waals surface area contributed by atoms with E-state index in [9.17, 15) is 0 Å². The topological polar surface area (TPSA) is 41.1 Å². The third-order valence-electron chi connectivity index (χ3n) is 2.99. The number of halogens is 2. The van der Waals surface area contributed by atoms with Crippen molar-refractivity contribution in [3.05, 3.63) is 23.0 Å². The van der Waals surface area contributed by atoms with E-state index < -0.39 is 0 Å². The van der Waals surface area contributed by atoms with Crippen LogP contribution >= 0.6 is 24.0 Å². The van der Waals surface area contributed by atoms with E-state index in [2.05, 4.69) is 27.5 Å². The van der Waals surface area contributed by atoms with Crippen molar-refractivity contribution in [1.29, 1.82) is 0 Å². The third kappa shape index (κ3) is 4.39. The van der Waals surface area contributed by atoms with Crippen molar-refractivity contribution in [1.82, 2.24) is 20.4 Å². The van der Waals surface area contributed by atoms with Crippen LogP contribution in [0.4, 0.5) is 0 Å². The van der Waals surface area contributed by atoms with Crippen LogP contribution in [0.1, 0.15) is 18.5 Å². The summed E-state index contributed by atoms with van der Waals surface area (Å²) in [6, 6.07) is 4.32. The van der Waals surface area contributed by atoms with Crippen molar-refractivity contribution in [2.24, 2.45) is 0 Å². The number of hydrogen-bond donors (Lipinski definition) is 1. The van der Waals surface area contributed by atoms with Gasteiger partial charge in [-0.05, 0) is 38.6 Å². The normalized spacial score (nSPS) is 20.1. The Labute approximate surface area is 113 Å². The summed E-state index contributed by atoms with van der Waals surface area (Å²) in [5.74, 6) is 0. The zero-order chi connectivity index (χ0) is 11.4. The third-order valence-corrected chi connectivity index (χ3v) is 3.19. The summed E-state index contributed by atoms with van der Waals surface area (Å²) in [7, 11) is 2.13. The molecule has 96 valence electrons. The smallest absolute Gasteiger partial charge is 0.151 e. The molecule has 2 heterocycles. The van der Waals surface area contributed by atoms with Crippen molar-refractivity contribution < 1.29 is 0 Å². The van der Waals surface area contributed by atoms with Gasteiger partial charge in [0.05, 0.1) is 5.69 Å². The summed E-state index contributed by atoms with van der Waals surface area (Å²) < 4.78 is 0. The molecule has 0 radical (unpaired) electrons. The second-order valence-corrected chi connectivity index (χ2v) is 4.65. The fraction of sp³-hybridized carbons (Fsp3) is 0.636. The van der Waals surface area contributed by atoms with Crippen molar-refractivity contribution in [3.8, 4) is 0 Å². The van der Waals surface area contributed by atoms with Crippen LogP contribution in [-0.2, 0) is 6.54 Å². The highest BCUT2D eigenvalue weighted by atomic mass is 35.5. The van der Waals surface area contributed by atoms with Crippen LogP contribution in [0.3, 0.4) is 0 Å². The van der Waals surface area contributed by atoms with Gasteiger partial charge in [0.15, 0.2) is 5.15 Å². The van der Waals surface area contributed by atoms with E-state index in [4.69, 9.17) is 11.6 Å². The number of hydrogen-bond acceptors (Lipinski definition) is 4. The van der Waals surface area contributed by atoms with Crippen LogP contribution in [0.15, 0.2) is 12.1 Å². The molecule has 0 unspecified atom stereocenters. The Morgan fingerprint density at radius 1 is 1.47 bits per heavy atom. The molecule has 1 fully saturated rings. The number of aromatic nitrogens is 2. The Morgan fingerprint density at radius 2 is 2.29 bits per heavy atom. The maximum Gasteiger partial charge on any atom is 0.151 e. The Bertz CT molecular complexity index is 325. The average molecular weight is 277 g/mol. The number of nitrogens with zero attached hydrogens (tertiary/aromatic N) is 3. The van der Waals surface area contributed by atoms with Crippen molar-refractivity contribution in [3.63, 3.8) is 0 Å². The fourth-order valence-corrected chi connectivity index (χ4v) is 2.12. The van der Waals surface area contributed by atoms with Crippen LogP contribution in [0.5, 0.6) is 0 Å². The molecule has 0 aliphatic carbocycles. The van der Waals surface area contributed by atoms with E-state index >= 15 is 0 Å². The van der Waals surface area contributed by atoms with Crippen molar-refractivity contribution in [2.75, 3.05) is 20.1 Å². The highest BCUT2D eigenvalue weighted by Crippen LogP contribution is 2.11. The summed E-state index contributed by atoms with van der Waals surface area (Å²) in [5.41, 5.74) is 0.970. The molecular formula is C11H18Cl2N4.